The van der Waals surface area contributed by atoms with E-state index in [2.05, 4.69) is 21.2 Å². The van der Waals surface area contributed by atoms with Gasteiger partial charge in [-0.05, 0) is 42.0 Å². The first-order chi connectivity index (χ1) is 11.5. The van der Waals surface area contributed by atoms with Crippen LogP contribution in [-0.4, -0.2) is 23.3 Å². The van der Waals surface area contributed by atoms with Gasteiger partial charge in [0.25, 0.3) is 0 Å². The van der Waals surface area contributed by atoms with Gasteiger partial charge in [0, 0.05) is 29.7 Å². The molecule has 3 rings (SSSR count). The van der Waals surface area contributed by atoms with Gasteiger partial charge in [-0.15, -0.1) is 0 Å². The minimum atomic E-state index is -0.394. The molecule has 2 aromatic rings. The van der Waals surface area contributed by atoms with Crippen LogP contribution in [0.15, 0.2) is 53.0 Å². The molecule has 0 radical (unpaired) electrons. The molecule has 2 aromatic carbocycles. The van der Waals surface area contributed by atoms with Crippen LogP contribution in [0.5, 0.6) is 0 Å². The molecule has 1 aliphatic rings. The number of nitrogens with zero attached hydrogens (tertiary/aromatic N) is 1. The number of amides is 2. The van der Waals surface area contributed by atoms with Gasteiger partial charge in [0.2, 0.25) is 11.8 Å². The van der Waals surface area contributed by atoms with Gasteiger partial charge >= 0.3 is 0 Å². The number of likely N-dealkylation sites (tertiary alicyclic amines) is 1. The number of hydrogen-bond donors (Lipinski definition) is 1. The van der Waals surface area contributed by atoms with Crippen molar-refractivity contribution in [3.05, 3.63) is 64.4 Å². The zero-order valence-corrected chi connectivity index (χ0v) is 14.4. The van der Waals surface area contributed by atoms with Crippen molar-refractivity contribution < 1.29 is 14.0 Å². The molecule has 1 saturated heterocycles. The summed E-state index contributed by atoms with van der Waals surface area (Å²) in [5, 5.41) is 2.73. The van der Waals surface area contributed by atoms with Gasteiger partial charge in [0.15, 0.2) is 0 Å². The molecule has 1 aliphatic heterocycles. The van der Waals surface area contributed by atoms with Crippen molar-refractivity contribution in [3.8, 4) is 0 Å². The summed E-state index contributed by atoms with van der Waals surface area (Å²) in [5.41, 5.74) is 1.54. The van der Waals surface area contributed by atoms with E-state index in [4.69, 9.17) is 0 Å². The molecule has 2 amide bonds. The Morgan fingerprint density at radius 2 is 2.00 bits per heavy atom. The molecule has 0 aliphatic carbocycles. The van der Waals surface area contributed by atoms with E-state index in [0.717, 1.165) is 10.0 Å². The zero-order valence-electron chi connectivity index (χ0n) is 12.8. The smallest absolute Gasteiger partial charge is 0.229 e. The topological polar surface area (TPSA) is 49.4 Å². The minimum absolute atomic E-state index is 0.0331. The van der Waals surface area contributed by atoms with Crippen LogP contribution in [0, 0.1) is 11.7 Å². The van der Waals surface area contributed by atoms with Crippen LogP contribution >= 0.6 is 15.9 Å². The Morgan fingerprint density at radius 3 is 2.71 bits per heavy atom. The number of halogens is 2. The molecule has 0 saturated carbocycles. The van der Waals surface area contributed by atoms with E-state index in [1.807, 2.05) is 24.3 Å². The molecule has 4 nitrogen and oxygen atoms in total. The predicted octanol–water partition coefficient (Wildman–Crippen LogP) is 3.58. The van der Waals surface area contributed by atoms with Gasteiger partial charge in [-0.1, -0.05) is 28.1 Å². The molecule has 1 atom stereocenters. The fourth-order valence-electron chi connectivity index (χ4n) is 2.73. The second kappa shape index (κ2) is 7.13. The molecule has 1 fully saturated rings. The second-order valence-corrected chi connectivity index (χ2v) is 6.72. The Labute approximate surface area is 147 Å². The van der Waals surface area contributed by atoms with Crippen LogP contribution in [0.4, 0.5) is 10.1 Å². The van der Waals surface area contributed by atoms with E-state index in [-0.39, 0.29) is 24.1 Å². The van der Waals surface area contributed by atoms with Crippen LogP contribution in [0.25, 0.3) is 0 Å². The third-order valence-corrected chi connectivity index (χ3v) is 4.45. The first kappa shape index (κ1) is 16.6. The van der Waals surface area contributed by atoms with Crippen LogP contribution in [0.2, 0.25) is 0 Å². The lowest BCUT2D eigenvalue weighted by Crippen LogP contribution is -2.28. The Bertz CT molecular complexity index is 764. The molecule has 0 aromatic heterocycles. The maximum Gasteiger partial charge on any atom is 0.229 e. The number of benzene rings is 2. The van der Waals surface area contributed by atoms with E-state index in [1.54, 1.807) is 4.90 Å². The van der Waals surface area contributed by atoms with Crippen molar-refractivity contribution in [2.24, 2.45) is 5.92 Å². The molecule has 0 spiro atoms. The van der Waals surface area contributed by atoms with Gasteiger partial charge in [-0.3, -0.25) is 9.59 Å². The third-order valence-electron chi connectivity index (χ3n) is 3.96. The third kappa shape index (κ3) is 4.00. The van der Waals surface area contributed by atoms with Gasteiger partial charge in [0.05, 0.1) is 5.92 Å². The van der Waals surface area contributed by atoms with Crippen LogP contribution in [0.3, 0.4) is 0 Å². The van der Waals surface area contributed by atoms with Gasteiger partial charge in [0.1, 0.15) is 5.82 Å². The Morgan fingerprint density at radius 1 is 1.25 bits per heavy atom. The van der Waals surface area contributed by atoms with E-state index < -0.39 is 5.92 Å². The largest absolute Gasteiger partial charge is 0.338 e. The highest BCUT2D eigenvalue weighted by atomic mass is 79.9. The maximum atomic E-state index is 12.9. The average Bonchev–Trinajstić information content (AvgIpc) is 2.91. The average molecular weight is 391 g/mol. The fraction of sp³-hybridized carbons (Fsp3) is 0.222. The summed E-state index contributed by atoms with van der Waals surface area (Å²) in [4.78, 5) is 26.2. The van der Waals surface area contributed by atoms with Crippen LogP contribution in [0.1, 0.15) is 12.0 Å². The number of hydrogen-bond acceptors (Lipinski definition) is 2. The van der Waals surface area contributed by atoms with E-state index in [0.29, 0.717) is 18.8 Å². The summed E-state index contributed by atoms with van der Waals surface area (Å²) in [6.45, 7) is 0.872. The van der Waals surface area contributed by atoms with Gasteiger partial charge in [-0.2, -0.15) is 0 Å². The molecule has 1 unspecified atom stereocenters. The van der Waals surface area contributed by atoms with Crippen molar-refractivity contribution in [1.82, 2.24) is 4.90 Å². The monoisotopic (exact) mass is 390 g/mol. The molecular weight excluding hydrogens is 375 g/mol. The molecule has 24 heavy (non-hydrogen) atoms. The normalized spacial score (nSPS) is 17.2. The summed E-state index contributed by atoms with van der Waals surface area (Å²) < 4.78 is 13.9. The summed E-state index contributed by atoms with van der Waals surface area (Å²) in [7, 11) is 0. The molecular formula is C18H16BrFN2O2. The number of nitrogens with one attached hydrogen (secondary N) is 1. The predicted molar refractivity (Wildman–Crippen MR) is 92.7 cm³/mol. The van der Waals surface area contributed by atoms with Crippen molar-refractivity contribution in [2.75, 3.05) is 11.9 Å². The van der Waals surface area contributed by atoms with Crippen molar-refractivity contribution in [2.45, 2.75) is 13.0 Å². The summed E-state index contributed by atoms with van der Waals surface area (Å²) >= 11 is 3.41. The van der Waals surface area contributed by atoms with Gasteiger partial charge < -0.3 is 10.2 Å². The molecule has 124 valence electrons. The SMILES string of the molecule is O=C(Nc1ccc(F)cc1)C1CC(=O)N(Cc2cccc(Br)c2)C1. The lowest BCUT2D eigenvalue weighted by Gasteiger charge is -2.17. The lowest BCUT2D eigenvalue weighted by atomic mass is 10.1. The number of carbonyl (C=O) groups is 2. The number of rotatable bonds is 4. The Hall–Kier alpha value is -2.21. The lowest BCUT2D eigenvalue weighted by molar-refractivity contribution is -0.128. The zero-order chi connectivity index (χ0) is 17.1. The van der Waals surface area contributed by atoms with Crippen molar-refractivity contribution >= 4 is 33.4 Å². The van der Waals surface area contributed by atoms with Crippen LogP contribution in [-0.2, 0) is 16.1 Å². The van der Waals surface area contributed by atoms with Gasteiger partial charge in [-0.25, -0.2) is 4.39 Å². The van der Waals surface area contributed by atoms with Crippen molar-refractivity contribution in [3.63, 3.8) is 0 Å². The summed E-state index contributed by atoms with van der Waals surface area (Å²) in [6.07, 6.45) is 0.195. The molecule has 1 heterocycles. The first-order valence-corrected chi connectivity index (χ1v) is 8.39. The van der Waals surface area contributed by atoms with E-state index in [9.17, 15) is 14.0 Å². The second-order valence-electron chi connectivity index (χ2n) is 5.80. The molecule has 0 bridgehead atoms. The quantitative estimate of drug-likeness (QED) is 0.867. The summed E-state index contributed by atoms with van der Waals surface area (Å²) in [5.74, 6) is -1.00. The molecule has 1 N–H and O–H groups in total. The molecule has 6 heteroatoms. The highest BCUT2D eigenvalue weighted by Gasteiger charge is 2.34. The Kier molecular flexibility index (Phi) is 4.94. The standard InChI is InChI=1S/C18H16BrFN2O2/c19-14-3-1-2-12(8-14)10-22-11-13(9-17(22)23)18(24)21-16-6-4-15(20)5-7-16/h1-8,13H,9-11H2,(H,21,24). The highest BCUT2D eigenvalue weighted by molar-refractivity contribution is 9.10. The van der Waals surface area contributed by atoms with Crippen LogP contribution < -0.4 is 5.32 Å². The number of anilines is 1. The summed E-state index contributed by atoms with van der Waals surface area (Å²) in [6, 6.07) is 13.3. The van der Waals surface area contributed by atoms with Crippen molar-refractivity contribution in [1.29, 1.82) is 0 Å². The van der Waals surface area contributed by atoms with E-state index >= 15 is 0 Å². The minimum Gasteiger partial charge on any atom is -0.338 e. The van der Waals surface area contributed by atoms with E-state index in [1.165, 1.54) is 24.3 Å². The Balaban J connectivity index is 1.61. The number of carbonyl (C=O) groups excluding carboxylic acids is 2. The highest BCUT2D eigenvalue weighted by Crippen LogP contribution is 2.23. The fourth-order valence-corrected chi connectivity index (χ4v) is 3.18. The maximum absolute atomic E-state index is 12.9. The first-order valence-electron chi connectivity index (χ1n) is 7.60.